The van der Waals surface area contributed by atoms with Crippen LogP contribution < -0.4 is 11.1 Å². The van der Waals surface area contributed by atoms with Gasteiger partial charge in [0.15, 0.2) is 0 Å². The van der Waals surface area contributed by atoms with Crippen molar-refractivity contribution in [2.75, 3.05) is 6.61 Å². The number of hydrogen-bond acceptors (Lipinski definition) is 4. The highest BCUT2D eigenvalue weighted by Crippen LogP contribution is 2.09. The van der Waals surface area contributed by atoms with Crippen LogP contribution in [0.15, 0.2) is 30.3 Å². The minimum absolute atomic E-state index is 0.268. The van der Waals surface area contributed by atoms with Crippen LogP contribution in [0, 0.1) is 5.92 Å². The molecule has 2 atom stereocenters. The van der Waals surface area contributed by atoms with Crippen LogP contribution in [0.2, 0.25) is 0 Å². The van der Waals surface area contributed by atoms with E-state index in [2.05, 4.69) is 12.2 Å². The lowest BCUT2D eigenvalue weighted by Gasteiger charge is -2.21. The van der Waals surface area contributed by atoms with Crippen molar-refractivity contribution in [1.29, 1.82) is 0 Å². The van der Waals surface area contributed by atoms with Gasteiger partial charge in [0.2, 0.25) is 5.91 Å². The molecule has 0 unspecified atom stereocenters. The summed E-state index contributed by atoms with van der Waals surface area (Å²) in [5.41, 5.74) is 7.16. The summed E-state index contributed by atoms with van der Waals surface area (Å²) in [7, 11) is 0. The number of unbranched alkanes of at least 4 members (excludes halogenated alkanes) is 2. The molecular formula is C21H34N2O3. The molecule has 26 heavy (non-hydrogen) atoms. The number of nitrogens with two attached hydrogens (primary N) is 1. The summed E-state index contributed by atoms with van der Waals surface area (Å²) in [6.45, 7) is 6.52. The number of amides is 1. The average Bonchev–Trinajstić information content (AvgIpc) is 2.63. The van der Waals surface area contributed by atoms with Gasteiger partial charge in [0.25, 0.3) is 0 Å². The Hall–Kier alpha value is -1.88. The first-order valence-electron chi connectivity index (χ1n) is 9.70. The predicted octanol–water partition coefficient (Wildman–Crippen LogP) is 3.21. The largest absolute Gasteiger partial charge is 0.464 e. The van der Waals surface area contributed by atoms with Gasteiger partial charge in [0.1, 0.15) is 6.04 Å². The summed E-state index contributed by atoms with van der Waals surface area (Å²) in [4.78, 5) is 24.7. The second kappa shape index (κ2) is 12.5. The van der Waals surface area contributed by atoms with Crippen LogP contribution in [0.25, 0.3) is 0 Å². The van der Waals surface area contributed by atoms with Crippen molar-refractivity contribution in [2.45, 2.75) is 71.4 Å². The van der Waals surface area contributed by atoms with Crippen LogP contribution in [0.3, 0.4) is 0 Å². The van der Waals surface area contributed by atoms with E-state index in [1.54, 1.807) is 0 Å². The van der Waals surface area contributed by atoms with Crippen LogP contribution in [-0.2, 0) is 20.7 Å². The molecular weight excluding hydrogens is 328 g/mol. The van der Waals surface area contributed by atoms with Crippen molar-refractivity contribution >= 4 is 11.9 Å². The third-order valence-corrected chi connectivity index (χ3v) is 4.22. The molecule has 0 spiro atoms. The van der Waals surface area contributed by atoms with Gasteiger partial charge < -0.3 is 15.8 Å². The lowest BCUT2D eigenvalue weighted by molar-refractivity contribution is -0.148. The Kier molecular flexibility index (Phi) is 10.6. The van der Waals surface area contributed by atoms with Gasteiger partial charge in [0.05, 0.1) is 12.6 Å². The Bertz CT molecular complexity index is 531. The number of esters is 1. The Morgan fingerprint density at radius 1 is 1.15 bits per heavy atom. The van der Waals surface area contributed by atoms with Gasteiger partial charge in [-0.25, -0.2) is 4.79 Å². The molecule has 0 fully saturated rings. The summed E-state index contributed by atoms with van der Waals surface area (Å²) in [6.07, 6.45) is 4.76. The van der Waals surface area contributed by atoms with Crippen molar-refractivity contribution in [3.63, 3.8) is 0 Å². The SMILES string of the molecule is CCCCCOC(=O)[C@@H](CC(C)C)NC(=O)[C@@H](N)CCc1ccccc1. The first-order valence-corrected chi connectivity index (χ1v) is 9.70. The van der Waals surface area contributed by atoms with Gasteiger partial charge in [-0.15, -0.1) is 0 Å². The molecule has 0 heterocycles. The van der Waals surface area contributed by atoms with E-state index in [0.717, 1.165) is 31.2 Å². The lowest BCUT2D eigenvalue weighted by atomic mass is 10.0. The van der Waals surface area contributed by atoms with Crippen LogP contribution >= 0.6 is 0 Å². The van der Waals surface area contributed by atoms with Gasteiger partial charge in [-0.3, -0.25) is 4.79 Å². The number of ether oxygens (including phenoxy) is 1. The van der Waals surface area contributed by atoms with Crippen LogP contribution in [0.1, 0.15) is 58.4 Å². The Balaban J connectivity index is 2.50. The lowest BCUT2D eigenvalue weighted by Crippen LogP contribution is -2.49. The highest BCUT2D eigenvalue weighted by molar-refractivity contribution is 5.87. The molecule has 0 saturated heterocycles. The highest BCUT2D eigenvalue weighted by atomic mass is 16.5. The molecule has 0 aromatic heterocycles. The molecule has 0 radical (unpaired) electrons. The van der Waals surface area contributed by atoms with E-state index in [1.165, 1.54) is 0 Å². The summed E-state index contributed by atoms with van der Waals surface area (Å²) in [5.74, 6) is -0.389. The molecule has 3 N–H and O–H groups in total. The number of carbonyl (C=O) groups is 2. The van der Waals surface area contributed by atoms with Crippen LogP contribution in [-0.4, -0.2) is 30.6 Å². The Morgan fingerprint density at radius 2 is 1.85 bits per heavy atom. The first-order chi connectivity index (χ1) is 12.4. The summed E-state index contributed by atoms with van der Waals surface area (Å²) in [6, 6.07) is 8.64. The Labute approximate surface area is 157 Å². The monoisotopic (exact) mass is 362 g/mol. The maximum Gasteiger partial charge on any atom is 0.328 e. The maximum atomic E-state index is 12.4. The van der Waals surface area contributed by atoms with Crippen LogP contribution in [0.4, 0.5) is 0 Å². The van der Waals surface area contributed by atoms with Crippen molar-refractivity contribution in [1.82, 2.24) is 5.32 Å². The molecule has 5 nitrogen and oxygen atoms in total. The molecule has 1 aromatic carbocycles. The fourth-order valence-corrected chi connectivity index (χ4v) is 2.69. The van der Waals surface area contributed by atoms with E-state index in [-0.39, 0.29) is 17.8 Å². The van der Waals surface area contributed by atoms with E-state index >= 15 is 0 Å². The van der Waals surface area contributed by atoms with Crippen molar-refractivity contribution in [3.05, 3.63) is 35.9 Å². The number of hydrogen-bond donors (Lipinski definition) is 2. The van der Waals surface area contributed by atoms with Gasteiger partial charge in [-0.2, -0.15) is 0 Å². The van der Waals surface area contributed by atoms with E-state index < -0.39 is 12.1 Å². The fraction of sp³-hybridized carbons (Fsp3) is 0.619. The van der Waals surface area contributed by atoms with Gasteiger partial charge in [0, 0.05) is 0 Å². The second-order valence-corrected chi connectivity index (χ2v) is 7.20. The molecule has 146 valence electrons. The Morgan fingerprint density at radius 3 is 2.46 bits per heavy atom. The van der Waals surface area contributed by atoms with E-state index in [1.807, 2.05) is 44.2 Å². The van der Waals surface area contributed by atoms with Gasteiger partial charge >= 0.3 is 5.97 Å². The van der Waals surface area contributed by atoms with Gasteiger partial charge in [-0.1, -0.05) is 63.9 Å². The van der Waals surface area contributed by atoms with Gasteiger partial charge in [-0.05, 0) is 37.2 Å². The first kappa shape index (κ1) is 22.2. The predicted molar refractivity (Wildman–Crippen MR) is 105 cm³/mol. The maximum absolute atomic E-state index is 12.4. The van der Waals surface area contributed by atoms with Crippen LogP contribution in [0.5, 0.6) is 0 Å². The quantitative estimate of drug-likeness (QED) is 0.442. The summed E-state index contributed by atoms with van der Waals surface area (Å²) < 4.78 is 5.32. The van der Waals surface area contributed by atoms with Crippen molar-refractivity contribution in [3.8, 4) is 0 Å². The molecule has 0 bridgehead atoms. The zero-order chi connectivity index (χ0) is 19.4. The standard InChI is InChI=1S/C21H34N2O3/c1-4-5-9-14-26-21(25)19(15-16(2)3)23-20(24)18(22)13-12-17-10-7-6-8-11-17/h6-8,10-11,16,18-19H,4-5,9,12-15,22H2,1-3H3,(H,23,24)/t18-,19+/m0/s1. The third-order valence-electron chi connectivity index (χ3n) is 4.22. The minimum atomic E-state index is -0.641. The molecule has 1 aromatic rings. The number of rotatable bonds is 12. The van der Waals surface area contributed by atoms with E-state index in [4.69, 9.17) is 10.5 Å². The van der Waals surface area contributed by atoms with Crippen molar-refractivity contribution in [2.24, 2.45) is 11.7 Å². The smallest absolute Gasteiger partial charge is 0.328 e. The van der Waals surface area contributed by atoms with Crippen molar-refractivity contribution < 1.29 is 14.3 Å². The molecule has 5 heteroatoms. The van der Waals surface area contributed by atoms with E-state index in [9.17, 15) is 9.59 Å². The molecule has 0 aliphatic carbocycles. The average molecular weight is 363 g/mol. The number of carbonyl (C=O) groups excluding carboxylic acids is 2. The molecule has 0 saturated carbocycles. The zero-order valence-electron chi connectivity index (χ0n) is 16.4. The zero-order valence-corrected chi connectivity index (χ0v) is 16.4. The highest BCUT2D eigenvalue weighted by Gasteiger charge is 2.25. The molecule has 1 amide bonds. The molecule has 1 rings (SSSR count). The third kappa shape index (κ3) is 8.99. The summed E-state index contributed by atoms with van der Waals surface area (Å²) >= 11 is 0. The normalized spacial score (nSPS) is 13.3. The number of benzene rings is 1. The molecule has 0 aliphatic heterocycles. The topological polar surface area (TPSA) is 81.4 Å². The van der Waals surface area contributed by atoms with E-state index in [0.29, 0.717) is 19.4 Å². The fourth-order valence-electron chi connectivity index (χ4n) is 2.69. The summed E-state index contributed by atoms with van der Waals surface area (Å²) in [5, 5.41) is 2.79. The number of nitrogens with one attached hydrogen (secondary N) is 1. The second-order valence-electron chi connectivity index (χ2n) is 7.20. The minimum Gasteiger partial charge on any atom is -0.464 e. The number of aryl methyl sites for hydroxylation is 1. The molecule has 0 aliphatic rings.